The maximum absolute atomic E-state index is 12.2. The van der Waals surface area contributed by atoms with Gasteiger partial charge in [0.2, 0.25) is 0 Å². The molecule has 0 bridgehead atoms. The number of aromatic nitrogens is 3. The Kier molecular flexibility index (Phi) is 4.57. The zero-order valence-electron chi connectivity index (χ0n) is 12.5. The summed E-state index contributed by atoms with van der Waals surface area (Å²) in [6, 6.07) is 7.20. The highest BCUT2D eigenvalue weighted by Crippen LogP contribution is 2.29. The van der Waals surface area contributed by atoms with Crippen molar-refractivity contribution >= 4 is 28.9 Å². The summed E-state index contributed by atoms with van der Waals surface area (Å²) in [5, 5.41) is 19.9. The molecule has 126 valence electrons. The van der Waals surface area contributed by atoms with Gasteiger partial charge in [0, 0.05) is 18.3 Å². The van der Waals surface area contributed by atoms with E-state index in [9.17, 15) is 14.9 Å². The molecule has 10 heteroatoms. The maximum atomic E-state index is 12.2. The summed E-state index contributed by atoms with van der Waals surface area (Å²) in [5.41, 5.74) is -0.0287. The predicted octanol–water partition coefficient (Wildman–Crippen LogP) is 3.41. The molecule has 0 atom stereocenters. The highest BCUT2D eigenvalue weighted by molar-refractivity contribution is 6.34. The van der Waals surface area contributed by atoms with E-state index < -0.39 is 10.8 Å². The minimum atomic E-state index is -0.588. The van der Waals surface area contributed by atoms with Gasteiger partial charge in [0.05, 0.1) is 34.1 Å². The van der Waals surface area contributed by atoms with Crippen molar-refractivity contribution < 1.29 is 14.5 Å². The van der Waals surface area contributed by atoms with Crippen LogP contribution in [0.3, 0.4) is 0 Å². The number of H-pyrrole nitrogens is 1. The van der Waals surface area contributed by atoms with Gasteiger partial charge in [-0.3, -0.25) is 25.0 Å². The molecule has 3 aromatic rings. The van der Waals surface area contributed by atoms with Gasteiger partial charge in [-0.15, -0.1) is 0 Å². The van der Waals surface area contributed by atoms with Crippen LogP contribution in [0.2, 0.25) is 5.02 Å². The number of benzene rings is 1. The van der Waals surface area contributed by atoms with E-state index in [1.165, 1.54) is 30.6 Å². The Labute approximate surface area is 145 Å². The number of hydrogen-bond donors (Lipinski definition) is 2. The van der Waals surface area contributed by atoms with Gasteiger partial charge in [0.1, 0.15) is 17.2 Å². The number of nitro groups is 1. The fourth-order valence-corrected chi connectivity index (χ4v) is 2.16. The molecule has 25 heavy (non-hydrogen) atoms. The van der Waals surface area contributed by atoms with E-state index in [0.717, 1.165) is 0 Å². The standard InChI is InChI=1S/C15H10ClN5O4/c16-13-8-18-20-14(13)15(22)19-9-4-10(21(23)24)6-12(5-9)25-11-2-1-3-17-7-11/h1-8H,(H,18,20)(H,19,22). The van der Waals surface area contributed by atoms with Crippen molar-refractivity contribution in [3.8, 4) is 11.5 Å². The second-order valence-electron chi connectivity index (χ2n) is 4.81. The average Bonchev–Trinajstić information content (AvgIpc) is 3.01. The van der Waals surface area contributed by atoms with Gasteiger partial charge in [0.25, 0.3) is 11.6 Å². The molecule has 0 spiro atoms. The SMILES string of the molecule is O=C(Nc1cc(Oc2cccnc2)cc([N+](=O)[O-])c1)c1[nH]ncc1Cl. The molecular formula is C15H10ClN5O4. The molecule has 0 radical (unpaired) electrons. The number of amides is 1. The number of ether oxygens (including phenoxy) is 1. The number of nitro benzene ring substituents is 1. The lowest BCUT2D eigenvalue weighted by Crippen LogP contribution is -2.13. The lowest BCUT2D eigenvalue weighted by atomic mass is 10.2. The van der Waals surface area contributed by atoms with Gasteiger partial charge in [0.15, 0.2) is 0 Å². The molecule has 3 rings (SSSR count). The van der Waals surface area contributed by atoms with Crippen LogP contribution in [0.4, 0.5) is 11.4 Å². The monoisotopic (exact) mass is 359 g/mol. The minimum absolute atomic E-state index is 0.0444. The number of hydrogen-bond acceptors (Lipinski definition) is 6. The van der Waals surface area contributed by atoms with Crippen molar-refractivity contribution in [2.75, 3.05) is 5.32 Å². The topological polar surface area (TPSA) is 123 Å². The van der Waals surface area contributed by atoms with Gasteiger partial charge in [-0.2, -0.15) is 5.10 Å². The van der Waals surface area contributed by atoms with Crippen LogP contribution in [-0.2, 0) is 0 Å². The number of carbonyl (C=O) groups excluding carboxylic acids is 1. The van der Waals surface area contributed by atoms with Crippen LogP contribution >= 0.6 is 11.6 Å². The summed E-state index contributed by atoms with van der Waals surface area (Å²) in [6.45, 7) is 0. The van der Waals surface area contributed by atoms with E-state index in [2.05, 4.69) is 20.5 Å². The number of aromatic amines is 1. The molecular weight excluding hydrogens is 350 g/mol. The highest BCUT2D eigenvalue weighted by Gasteiger charge is 2.16. The van der Waals surface area contributed by atoms with Crippen LogP contribution in [0.25, 0.3) is 0 Å². The predicted molar refractivity (Wildman–Crippen MR) is 89.0 cm³/mol. The molecule has 0 aliphatic carbocycles. The first-order chi connectivity index (χ1) is 12.0. The molecule has 0 aliphatic heterocycles. The van der Waals surface area contributed by atoms with Crippen molar-refractivity contribution in [2.45, 2.75) is 0 Å². The van der Waals surface area contributed by atoms with Crippen LogP contribution in [0, 0.1) is 10.1 Å². The molecule has 1 amide bonds. The van der Waals surface area contributed by atoms with Crippen molar-refractivity contribution in [1.82, 2.24) is 15.2 Å². The van der Waals surface area contributed by atoms with E-state index in [-0.39, 0.29) is 27.8 Å². The zero-order chi connectivity index (χ0) is 17.8. The summed E-state index contributed by atoms with van der Waals surface area (Å²) >= 11 is 5.83. The first-order valence-corrected chi connectivity index (χ1v) is 7.28. The number of nitrogens with zero attached hydrogens (tertiary/aromatic N) is 3. The molecule has 0 fully saturated rings. The summed E-state index contributed by atoms with van der Waals surface area (Å²) in [7, 11) is 0. The number of pyridine rings is 1. The molecule has 2 heterocycles. The number of nitrogens with one attached hydrogen (secondary N) is 2. The third-order valence-electron chi connectivity index (χ3n) is 3.05. The Morgan fingerprint density at radius 1 is 1.28 bits per heavy atom. The normalized spacial score (nSPS) is 10.3. The third-order valence-corrected chi connectivity index (χ3v) is 3.34. The molecule has 2 aromatic heterocycles. The van der Waals surface area contributed by atoms with Crippen LogP contribution in [0.1, 0.15) is 10.5 Å². The number of anilines is 1. The Bertz CT molecular complexity index is 929. The van der Waals surface area contributed by atoms with Gasteiger partial charge in [-0.1, -0.05) is 11.6 Å². The van der Waals surface area contributed by atoms with E-state index >= 15 is 0 Å². The second-order valence-corrected chi connectivity index (χ2v) is 5.22. The smallest absolute Gasteiger partial charge is 0.275 e. The number of carbonyl (C=O) groups is 1. The van der Waals surface area contributed by atoms with Crippen molar-refractivity contribution in [1.29, 1.82) is 0 Å². The summed E-state index contributed by atoms with van der Waals surface area (Å²) in [4.78, 5) is 26.6. The number of rotatable bonds is 5. The second kappa shape index (κ2) is 6.97. The molecule has 2 N–H and O–H groups in total. The van der Waals surface area contributed by atoms with Crippen molar-refractivity contribution in [2.24, 2.45) is 0 Å². The molecule has 0 saturated carbocycles. The zero-order valence-corrected chi connectivity index (χ0v) is 13.2. The maximum Gasteiger partial charge on any atom is 0.275 e. The third kappa shape index (κ3) is 3.90. The quantitative estimate of drug-likeness (QED) is 0.531. The Morgan fingerprint density at radius 2 is 2.12 bits per heavy atom. The minimum Gasteiger partial charge on any atom is -0.455 e. The van der Waals surface area contributed by atoms with E-state index in [0.29, 0.717) is 5.75 Å². The number of halogens is 1. The molecule has 9 nitrogen and oxygen atoms in total. The average molecular weight is 360 g/mol. The van der Waals surface area contributed by atoms with Crippen LogP contribution in [0.5, 0.6) is 11.5 Å². The van der Waals surface area contributed by atoms with Gasteiger partial charge < -0.3 is 10.1 Å². The summed E-state index contributed by atoms with van der Waals surface area (Å²) in [5.74, 6) is -0.0135. The molecule has 1 aromatic carbocycles. The Morgan fingerprint density at radius 3 is 2.76 bits per heavy atom. The molecule has 0 aliphatic rings. The van der Waals surface area contributed by atoms with Crippen molar-refractivity contribution in [3.05, 3.63) is 69.8 Å². The highest BCUT2D eigenvalue weighted by atomic mass is 35.5. The van der Waals surface area contributed by atoms with Gasteiger partial charge in [-0.25, -0.2) is 0 Å². The largest absolute Gasteiger partial charge is 0.455 e. The van der Waals surface area contributed by atoms with E-state index in [1.807, 2.05) is 0 Å². The van der Waals surface area contributed by atoms with Crippen LogP contribution < -0.4 is 10.1 Å². The lowest BCUT2D eigenvalue weighted by molar-refractivity contribution is -0.384. The van der Waals surface area contributed by atoms with Crippen molar-refractivity contribution in [3.63, 3.8) is 0 Å². The lowest BCUT2D eigenvalue weighted by Gasteiger charge is -2.09. The summed E-state index contributed by atoms with van der Waals surface area (Å²) in [6.07, 6.45) is 4.31. The van der Waals surface area contributed by atoms with Gasteiger partial charge in [-0.05, 0) is 12.1 Å². The van der Waals surface area contributed by atoms with E-state index in [1.54, 1.807) is 18.3 Å². The van der Waals surface area contributed by atoms with Gasteiger partial charge >= 0.3 is 0 Å². The fourth-order valence-electron chi connectivity index (χ4n) is 1.99. The molecule has 0 saturated heterocycles. The van der Waals surface area contributed by atoms with Crippen LogP contribution in [0.15, 0.2) is 48.9 Å². The number of non-ortho nitro benzene ring substituents is 1. The van der Waals surface area contributed by atoms with E-state index in [4.69, 9.17) is 16.3 Å². The van der Waals surface area contributed by atoms with Crippen LogP contribution in [-0.4, -0.2) is 26.0 Å². The summed E-state index contributed by atoms with van der Waals surface area (Å²) < 4.78 is 5.54. The first kappa shape index (κ1) is 16.4. The Balaban J connectivity index is 1.89. The molecule has 0 unspecified atom stereocenters. The first-order valence-electron chi connectivity index (χ1n) is 6.90. The Hall–Kier alpha value is -3.46. The fraction of sp³-hybridized carbons (Fsp3) is 0.